The molecule has 0 bridgehead atoms. The van der Waals surface area contributed by atoms with Crippen LogP contribution in [0.3, 0.4) is 0 Å². The number of hydrogen-bond acceptors (Lipinski definition) is 5. The van der Waals surface area contributed by atoms with Crippen molar-refractivity contribution in [2.75, 3.05) is 6.54 Å². The predicted octanol–water partition coefficient (Wildman–Crippen LogP) is 0.999. The van der Waals surface area contributed by atoms with E-state index in [-0.39, 0.29) is 17.1 Å². The van der Waals surface area contributed by atoms with Gasteiger partial charge in [0.2, 0.25) is 10.0 Å². The molecule has 2 aromatic rings. The Morgan fingerprint density at radius 3 is 2.90 bits per heavy atom. The summed E-state index contributed by atoms with van der Waals surface area (Å²) in [6.07, 6.45) is 0.552. The predicted molar refractivity (Wildman–Crippen MR) is 73.5 cm³/mol. The van der Waals surface area contributed by atoms with Gasteiger partial charge in [0.25, 0.3) is 0 Å². The van der Waals surface area contributed by atoms with Crippen LogP contribution in [-0.4, -0.2) is 36.2 Å². The standard InChI is InChI=1S/C11H13N3O4S2/c1-7-10(9(11(15)16)14-13-7)20(17,18)12-5-4-8-3-2-6-19-8/h2-3,6,12H,4-5H2,1H3,(H,13,14)(H,15,16). The summed E-state index contributed by atoms with van der Waals surface area (Å²) in [6, 6.07) is 3.79. The van der Waals surface area contributed by atoms with Crippen molar-refractivity contribution in [2.24, 2.45) is 0 Å². The summed E-state index contributed by atoms with van der Waals surface area (Å²) in [5, 5.41) is 16.7. The highest BCUT2D eigenvalue weighted by molar-refractivity contribution is 7.89. The summed E-state index contributed by atoms with van der Waals surface area (Å²) in [4.78, 5) is 11.7. The largest absolute Gasteiger partial charge is 0.476 e. The van der Waals surface area contributed by atoms with Crippen LogP contribution < -0.4 is 4.72 Å². The van der Waals surface area contributed by atoms with Gasteiger partial charge in [0, 0.05) is 11.4 Å². The Labute approximate surface area is 119 Å². The number of sulfonamides is 1. The molecule has 0 aromatic carbocycles. The molecule has 0 fully saturated rings. The number of H-pyrrole nitrogens is 1. The molecular weight excluding hydrogens is 302 g/mol. The van der Waals surface area contributed by atoms with Gasteiger partial charge in [0.15, 0.2) is 5.69 Å². The lowest BCUT2D eigenvalue weighted by Crippen LogP contribution is -2.27. The second kappa shape index (κ2) is 5.73. The average molecular weight is 315 g/mol. The van der Waals surface area contributed by atoms with Gasteiger partial charge >= 0.3 is 5.97 Å². The van der Waals surface area contributed by atoms with Crippen LogP contribution >= 0.6 is 11.3 Å². The second-order valence-electron chi connectivity index (χ2n) is 4.06. The minimum Gasteiger partial charge on any atom is -0.476 e. The lowest BCUT2D eigenvalue weighted by molar-refractivity contribution is 0.0686. The molecule has 0 saturated carbocycles. The first-order valence-electron chi connectivity index (χ1n) is 5.72. The third-order valence-electron chi connectivity index (χ3n) is 2.61. The minimum atomic E-state index is -3.90. The summed E-state index contributed by atoms with van der Waals surface area (Å²) >= 11 is 1.53. The Kier molecular flexibility index (Phi) is 4.21. The Balaban J connectivity index is 2.14. The summed E-state index contributed by atoms with van der Waals surface area (Å²) in [6.45, 7) is 1.67. The number of rotatable bonds is 6. The Bertz CT molecular complexity index is 704. The van der Waals surface area contributed by atoms with E-state index in [4.69, 9.17) is 5.11 Å². The molecule has 2 heterocycles. The quantitative estimate of drug-likeness (QED) is 0.736. The molecule has 0 amide bonds. The van der Waals surface area contributed by atoms with Crippen molar-refractivity contribution in [3.05, 3.63) is 33.8 Å². The molecule has 0 saturated heterocycles. The molecule has 108 valence electrons. The first-order chi connectivity index (χ1) is 9.42. The number of carboxylic acids is 1. The van der Waals surface area contributed by atoms with Crippen molar-refractivity contribution in [1.82, 2.24) is 14.9 Å². The van der Waals surface area contributed by atoms with Crippen molar-refractivity contribution >= 4 is 27.3 Å². The highest BCUT2D eigenvalue weighted by Crippen LogP contribution is 2.17. The van der Waals surface area contributed by atoms with Gasteiger partial charge in [-0.1, -0.05) is 6.07 Å². The summed E-state index contributed by atoms with van der Waals surface area (Å²) < 4.78 is 26.7. The normalized spacial score (nSPS) is 11.7. The smallest absolute Gasteiger partial charge is 0.357 e. The number of hydrogen-bond donors (Lipinski definition) is 3. The van der Waals surface area contributed by atoms with Crippen LogP contribution in [0.1, 0.15) is 21.1 Å². The van der Waals surface area contributed by atoms with E-state index < -0.39 is 21.7 Å². The fourth-order valence-electron chi connectivity index (χ4n) is 1.73. The SMILES string of the molecule is Cc1[nH]nc(C(=O)O)c1S(=O)(=O)NCCc1cccs1. The number of aromatic nitrogens is 2. The third-order valence-corrected chi connectivity index (χ3v) is 5.16. The van der Waals surface area contributed by atoms with E-state index >= 15 is 0 Å². The van der Waals surface area contributed by atoms with Crippen LogP contribution in [0.2, 0.25) is 0 Å². The Morgan fingerprint density at radius 1 is 1.55 bits per heavy atom. The number of thiophene rings is 1. The van der Waals surface area contributed by atoms with E-state index in [1.165, 1.54) is 18.3 Å². The second-order valence-corrected chi connectivity index (χ2v) is 6.79. The van der Waals surface area contributed by atoms with E-state index in [2.05, 4.69) is 14.9 Å². The van der Waals surface area contributed by atoms with Gasteiger partial charge in [0.1, 0.15) is 4.90 Å². The molecule has 0 unspecified atom stereocenters. The van der Waals surface area contributed by atoms with Crippen molar-refractivity contribution in [1.29, 1.82) is 0 Å². The van der Waals surface area contributed by atoms with Crippen LogP contribution in [0.4, 0.5) is 0 Å². The van der Waals surface area contributed by atoms with Gasteiger partial charge in [-0.15, -0.1) is 11.3 Å². The van der Waals surface area contributed by atoms with Crippen LogP contribution in [0.25, 0.3) is 0 Å². The lowest BCUT2D eigenvalue weighted by atomic mass is 10.3. The molecule has 0 radical (unpaired) electrons. The molecular formula is C11H13N3O4S2. The van der Waals surface area contributed by atoms with Crippen molar-refractivity contribution in [3.8, 4) is 0 Å². The van der Waals surface area contributed by atoms with Crippen molar-refractivity contribution in [2.45, 2.75) is 18.2 Å². The topological polar surface area (TPSA) is 112 Å². The Hall–Kier alpha value is -1.71. The molecule has 2 rings (SSSR count). The van der Waals surface area contributed by atoms with Crippen LogP contribution in [0.15, 0.2) is 22.4 Å². The monoisotopic (exact) mass is 315 g/mol. The van der Waals surface area contributed by atoms with Crippen molar-refractivity contribution < 1.29 is 18.3 Å². The number of aromatic carboxylic acids is 1. The average Bonchev–Trinajstić information content (AvgIpc) is 2.98. The van der Waals surface area contributed by atoms with E-state index in [1.54, 1.807) is 0 Å². The molecule has 0 aliphatic rings. The summed E-state index contributed by atoms with van der Waals surface area (Å²) in [5.41, 5.74) is -0.294. The molecule has 20 heavy (non-hydrogen) atoms. The van der Waals surface area contributed by atoms with Gasteiger partial charge in [-0.05, 0) is 24.8 Å². The fraction of sp³-hybridized carbons (Fsp3) is 0.273. The summed E-state index contributed by atoms with van der Waals surface area (Å²) in [7, 11) is -3.90. The zero-order valence-corrected chi connectivity index (χ0v) is 12.2. The third kappa shape index (κ3) is 3.06. The lowest BCUT2D eigenvalue weighted by Gasteiger charge is -2.06. The number of carbonyl (C=O) groups is 1. The zero-order valence-electron chi connectivity index (χ0n) is 10.6. The molecule has 7 nitrogen and oxygen atoms in total. The van der Waals surface area contributed by atoms with Gasteiger partial charge in [-0.3, -0.25) is 5.10 Å². The van der Waals surface area contributed by atoms with Crippen LogP contribution in [-0.2, 0) is 16.4 Å². The van der Waals surface area contributed by atoms with Crippen LogP contribution in [0, 0.1) is 6.92 Å². The number of carboxylic acid groups (broad SMARTS) is 1. The zero-order chi connectivity index (χ0) is 14.8. The molecule has 0 atom stereocenters. The molecule has 9 heteroatoms. The first-order valence-corrected chi connectivity index (χ1v) is 8.08. The summed E-state index contributed by atoms with van der Waals surface area (Å²) in [5.74, 6) is -1.38. The minimum absolute atomic E-state index is 0.200. The van der Waals surface area contributed by atoms with Gasteiger partial charge in [-0.25, -0.2) is 17.9 Å². The van der Waals surface area contributed by atoms with E-state index in [0.717, 1.165) is 4.88 Å². The molecule has 3 N–H and O–H groups in total. The number of aryl methyl sites for hydroxylation is 1. The molecule has 0 aliphatic carbocycles. The maximum atomic E-state index is 12.1. The maximum absolute atomic E-state index is 12.1. The fourth-order valence-corrected chi connectivity index (χ4v) is 3.79. The first kappa shape index (κ1) is 14.7. The number of nitrogens with one attached hydrogen (secondary N) is 2. The molecule has 0 aliphatic heterocycles. The number of nitrogens with zero attached hydrogens (tertiary/aromatic N) is 1. The van der Waals surface area contributed by atoms with Crippen LogP contribution in [0.5, 0.6) is 0 Å². The highest BCUT2D eigenvalue weighted by Gasteiger charge is 2.27. The van der Waals surface area contributed by atoms with E-state index in [1.807, 2.05) is 17.5 Å². The highest BCUT2D eigenvalue weighted by atomic mass is 32.2. The Morgan fingerprint density at radius 2 is 2.30 bits per heavy atom. The van der Waals surface area contributed by atoms with E-state index in [9.17, 15) is 13.2 Å². The molecule has 2 aromatic heterocycles. The molecule has 0 spiro atoms. The van der Waals surface area contributed by atoms with Gasteiger partial charge < -0.3 is 5.11 Å². The number of aromatic amines is 1. The van der Waals surface area contributed by atoms with Crippen molar-refractivity contribution in [3.63, 3.8) is 0 Å². The van der Waals surface area contributed by atoms with E-state index in [0.29, 0.717) is 6.42 Å². The van der Waals surface area contributed by atoms with Gasteiger partial charge in [0.05, 0.1) is 5.69 Å². The van der Waals surface area contributed by atoms with Gasteiger partial charge in [-0.2, -0.15) is 5.10 Å². The maximum Gasteiger partial charge on any atom is 0.357 e.